The van der Waals surface area contributed by atoms with Gasteiger partial charge in [-0.1, -0.05) is 29.3 Å². The maximum Gasteiger partial charge on any atom is 0.178 e. The second kappa shape index (κ2) is 8.67. The van der Waals surface area contributed by atoms with Crippen molar-refractivity contribution in [2.75, 3.05) is 29.6 Å². The average Bonchev–Trinajstić information content (AvgIpc) is 2.43. The van der Waals surface area contributed by atoms with Crippen LogP contribution < -0.4 is 4.90 Å². The summed E-state index contributed by atoms with van der Waals surface area (Å²) in [6, 6.07) is 7.23. The van der Waals surface area contributed by atoms with E-state index in [-0.39, 0.29) is 5.75 Å². The highest BCUT2D eigenvalue weighted by atomic mass is 79.9. The number of benzene rings is 1. The molecule has 1 rings (SSSR count). The van der Waals surface area contributed by atoms with Crippen LogP contribution in [0.25, 0.3) is 0 Å². The van der Waals surface area contributed by atoms with Crippen LogP contribution in [0.4, 0.5) is 5.69 Å². The summed E-state index contributed by atoms with van der Waals surface area (Å²) in [7, 11) is -1.06. The van der Waals surface area contributed by atoms with Gasteiger partial charge in [0.15, 0.2) is 9.84 Å². The monoisotopic (exact) mass is 361 g/mol. The zero-order valence-electron chi connectivity index (χ0n) is 12.3. The van der Waals surface area contributed by atoms with E-state index in [0.29, 0.717) is 11.3 Å². The van der Waals surface area contributed by atoms with Gasteiger partial charge in [0.05, 0.1) is 10.6 Å². The second-order valence-corrected chi connectivity index (χ2v) is 7.89. The van der Waals surface area contributed by atoms with Crippen molar-refractivity contribution in [1.29, 1.82) is 0 Å². The molecule has 0 N–H and O–H groups in total. The molecule has 1 aromatic rings. The summed E-state index contributed by atoms with van der Waals surface area (Å²) in [6.45, 7) is 2.88. The van der Waals surface area contributed by atoms with E-state index in [2.05, 4.69) is 20.8 Å². The molecule has 0 aliphatic heterocycles. The van der Waals surface area contributed by atoms with Gasteiger partial charge in [-0.3, -0.25) is 0 Å². The predicted molar refractivity (Wildman–Crippen MR) is 89.7 cm³/mol. The van der Waals surface area contributed by atoms with Crippen molar-refractivity contribution in [2.45, 2.75) is 37.5 Å². The molecule has 0 aliphatic rings. The first-order chi connectivity index (χ1) is 9.51. The molecule has 0 heterocycles. The van der Waals surface area contributed by atoms with Gasteiger partial charge in [-0.15, -0.1) is 0 Å². The molecule has 0 atom stereocenters. The van der Waals surface area contributed by atoms with Crippen molar-refractivity contribution >= 4 is 31.5 Å². The highest BCUT2D eigenvalue weighted by molar-refractivity contribution is 9.09. The first-order valence-electron chi connectivity index (χ1n) is 7.11. The van der Waals surface area contributed by atoms with Crippen molar-refractivity contribution in [3.8, 4) is 0 Å². The zero-order valence-corrected chi connectivity index (χ0v) is 14.7. The van der Waals surface area contributed by atoms with E-state index < -0.39 is 9.84 Å². The van der Waals surface area contributed by atoms with Crippen molar-refractivity contribution in [3.63, 3.8) is 0 Å². The third kappa shape index (κ3) is 5.44. The summed E-state index contributed by atoms with van der Waals surface area (Å²) in [5, 5.41) is 1.06. The van der Waals surface area contributed by atoms with Gasteiger partial charge in [0.2, 0.25) is 0 Å². The SMILES string of the molecule is CCCS(=O)(=O)c1ccc(N(C)CCCCCBr)cc1. The van der Waals surface area contributed by atoms with E-state index in [1.807, 2.05) is 26.1 Å². The topological polar surface area (TPSA) is 37.4 Å². The molecule has 0 aliphatic carbocycles. The molecule has 0 saturated heterocycles. The number of alkyl halides is 1. The lowest BCUT2D eigenvalue weighted by Gasteiger charge is -2.19. The fraction of sp³-hybridized carbons (Fsp3) is 0.600. The lowest BCUT2D eigenvalue weighted by Crippen LogP contribution is -2.18. The van der Waals surface area contributed by atoms with Crippen LogP contribution in [0.3, 0.4) is 0 Å². The fourth-order valence-electron chi connectivity index (χ4n) is 2.04. The number of halogens is 1. The smallest absolute Gasteiger partial charge is 0.178 e. The number of hydrogen-bond acceptors (Lipinski definition) is 3. The minimum atomic E-state index is -3.10. The number of anilines is 1. The Labute approximate surface area is 131 Å². The molecule has 0 bridgehead atoms. The molecule has 114 valence electrons. The Morgan fingerprint density at radius 2 is 1.75 bits per heavy atom. The summed E-state index contributed by atoms with van der Waals surface area (Å²) in [5.74, 6) is 0.217. The third-order valence-corrected chi connectivity index (χ3v) is 5.73. The lowest BCUT2D eigenvalue weighted by atomic mass is 10.2. The molecular formula is C15H24BrNO2S. The molecule has 0 spiro atoms. The van der Waals surface area contributed by atoms with Crippen LogP contribution in [-0.4, -0.2) is 33.1 Å². The second-order valence-electron chi connectivity index (χ2n) is 4.98. The highest BCUT2D eigenvalue weighted by Gasteiger charge is 2.13. The zero-order chi connectivity index (χ0) is 15.0. The van der Waals surface area contributed by atoms with Crippen LogP contribution in [0.2, 0.25) is 0 Å². The molecule has 0 fully saturated rings. The van der Waals surface area contributed by atoms with Gasteiger partial charge >= 0.3 is 0 Å². The average molecular weight is 362 g/mol. The molecular weight excluding hydrogens is 338 g/mol. The molecule has 0 radical (unpaired) electrons. The van der Waals surface area contributed by atoms with E-state index >= 15 is 0 Å². The Morgan fingerprint density at radius 3 is 2.30 bits per heavy atom. The number of nitrogens with zero attached hydrogens (tertiary/aromatic N) is 1. The molecule has 0 aromatic heterocycles. The molecule has 3 nitrogen and oxygen atoms in total. The predicted octanol–water partition coefficient (Wildman–Crippen LogP) is 3.87. The summed E-state index contributed by atoms with van der Waals surface area (Å²) in [5.41, 5.74) is 1.07. The molecule has 0 amide bonds. The third-order valence-electron chi connectivity index (χ3n) is 3.24. The van der Waals surface area contributed by atoms with E-state index in [4.69, 9.17) is 0 Å². The van der Waals surface area contributed by atoms with Gasteiger partial charge in [-0.05, 0) is 43.5 Å². The van der Waals surface area contributed by atoms with Gasteiger partial charge in [0.1, 0.15) is 0 Å². The number of hydrogen-bond donors (Lipinski definition) is 0. The van der Waals surface area contributed by atoms with Gasteiger partial charge in [-0.2, -0.15) is 0 Å². The van der Waals surface area contributed by atoms with Crippen LogP contribution in [-0.2, 0) is 9.84 Å². The first kappa shape index (κ1) is 17.5. The van der Waals surface area contributed by atoms with E-state index in [1.165, 1.54) is 12.8 Å². The maximum absolute atomic E-state index is 11.9. The van der Waals surface area contributed by atoms with Crippen LogP contribution in [0.1, 0.15) is 32.6 Å². The van der Waals surface area contributed by atoms with E-state index in [1.54, 1.807) is 12.1 Å². The highest BCUT2D eigenvalue weighted by Crippen LogP contribution is 2.19. The van der Waals surface area contributed by atoms with Gasteiger partial charge in [0.25, 0.3) is 0 Å². The van der Waals surface area contributed by atoms with Crippen molar-refractivity contribution in [2.24, 2.45) is 0 Å². The maximum atomic E-state index is 11.9. The van der Waals surface area contributed by atoms with Gasteiger partial charge in [-0.25, -0.2) is 8.42 Å². The Balaban J connectivity index is 2.62. The van der Waals surface area contributed by atoms with Crippen molar-refractivity contribution in [3.05, 3.63) is 24.3 Å². The largest absolute Gasteiger partial charge is 0.375 e. The van der Waals surface area contributed by atoms with Crippen molar-refractivity contribution < 1.29 is 8.42 Å². The lowest BCUT2D eigenvalue weighted by molar-refractivity contribution is 0.594. The van der Waals surface area contributed by atoms with Crippen LogP contribution >= 0.6 is 15.9 Å². The molecule has 5 heteroatoms. The Bertz CT molecular complexity index is 485. The molecule has 0 unspecified atom stereocenters. The number of sulfone groups is 1. The first-order valence-corrected chi connectivity index (χ1v) is 9.88. The van der Waals surface area contributed by atoms with Gasteiger partial charge in [0, 0.05) is 24.6 Å². The molecule has 20 heavy (non-hydrogen) atoms. The van der Waals surface area contributed by atoms with E-state index in [9.17, 15) is 8.42 Å². The quantitative estimate of drug-likeness (QED) is 0.494. The number of unbranched alkanes of at least 4 members (excludes halogenated alkanes) is 2. The minimum absolute atomic E-state index is 0.217. The Hall–Kier alpha value is -0.550. The molecule has 0 saturated carbocycles. The summed E-state index contributed by atoms with van der Waals surface area (Å²) in [6.07, 6.45) is 4.20. The van der Waals surface area contributed by atoms with Crippen molar-refractivity contribution in [1.82, 2.24) is 0 Å². The fourth-order valence-corrected chi connectivity index (χ4v) is 3.76. The van der Waals surface area contributed by atoms with Crippen LogP contribution in [0.5, 0.6) is 0 Å². The summed E-state index contributed by atoms with van der Waals surface area (Å²) < 4.78 is 23.9. The van der Waals surface area contributed by atoms with E-state index in [0.717, 1.165) is 24.0 Å². The summed E-state index contributed by atoms with van der Waals surface area (Å²) >= 11 is 3.43. The van der Waals surface area contributed by atoms with Gasteiger partial charge < -0.3 is 4.90 Å². The Morgan fingerprint density at radius 1 is 1.10 bits per heavy atom. The minimum Gasteiger partial charge on any atom is -0.375 e. The standard InChI is InChI=1S/C15H24BrNO2S/c1-3-13-20(18,19)15-9-7-14(8-10-15)17(2)12-6-4-5-11-16/h7-10H,3-6,11-13H2,1-2H3. The normalized spacial score (nSPS) is 11.6. The summed E-state index contributed by atoms with van der Waals surface area (Å²) in [4.78, 5) is 2.60. The van der Waals surface area contributed by atoms with Crippen LogP contribution in [0, 0.1) is 0 Å². The van der Waals surface area contributed by atoms with Crippen LogP contribution in [0.15, 0.2) is 29.2 Å². The number of rotatable bonds is 9. The Kier molecular flexibility index (Phi) is 7.59. The molecule has 1 aromatic carbocycles.